The van der Waals surface area contributed by atoms with Crippen LogP contribution in [-0.4, -0.2) is 32.5 Å². The second kappa shape index (κ2) is 4.64. The van der Waals surface area contributed by atoms with E-state index >= 15 is 0 Å². The molecular weight excluding hydrogens is 308 g/mol. The Morgan fingerprint density at radius 3 is 3.04 bits per heavy atom. The first-order valence-corrected chi connectivity index (χ1v) is 9.35. The molecule has 0 unspecified atom stereocenters. The summed E-state index contributed by atoms with van der Waals surface area (Å²) in [5.41, 5.74) is 5.81. The second-order valence-electron chi connectivity index (χ2n) is 7.98. The molecule has 0 amide bonds. The van der Waals surface area contributed by atoms with Gasteiger partial charge in [-0.05, 0) is 43.5 Å². The van der Waals surface area contributed by atoms with E-state index in [4.69, 9.17) is 0 Å². The number of para-hydroxylation sites is 1. The highest BCUT2D eigenvalue weighted by Crippen LogP contribution is 2.55. The average molecular weight is 330 g/mol. The SMILES string of the molecule is C[C@@]12C=C(c3ncc[nH]3)n3c4c(c5ccccc53)CCN(CCC1)[C@H]42. The first-order chi connectivity index (χ1) is 12.3. The first-order valence-electron chi connectivity index (χ1n) is 9.35. The van der Waals surface area contributed by atoms with Crippen LogP contribution in [0.2, 0.25) is 0 Å². The Balaban J connectivity index is 1.75. The molecule has 4 heteroatoms. The second-order valence-corrected chi connectivity index (χ2v) is 7.98. The van der Waals surface area contributed by atoms with Gasteiger partial charge in [-0.15, -0.1) is 0 Å². The largest absolute Gasteiger partial charge is 0.343 e. The number of H-pyrrole nitrogens is 1. The van der Waals surface area contributed by atoms with Crippen molar-refractivity contribution in [1.82, 2.24) is 19.4 Å². The Labute approximate surface area is 147 Å². The Morgan fingerprint density at radius 2 is 2.16 bits per heavy atom. The molecule has 5 heterocycles. The van der Waals surface area contributed by atoms with Crippen molar-refractivity contribution >= 4 is 16.6 Å². The first kappa shape index (κ1) is 13.9. The minimum atomic E-state index is 0.180. The summed E-state index contributed by atoms with van der Waals surface area (Å²) in [4.78, 5) is 10.7. The van der Waals surface area contributed by atoms with Gasteiger partial charge >= 0.3 is 0 Å². The van der Waals surface area contributed by atoms with E-state index in [0.29, 0.717) is 6.04 Å². The van der Waals surface area contributed by atoms with Crippen molar-refractivity contribution in [2.45, 2.75) is 32.2 Å². The van der Waals surface area contributed by atoms with Gasteiger partial charge in [-0.2, -0.15) is 0 Å². The van der Waals surface area contributed by atoms with Crippen molar-refractivity contribution in [3.05, 3.63) is 59.8 Å². The summed E-state index contributed by atoms with van der Waals surface area (Å²) in [5.74, 6) is 0.978. The fourth-order valence-corrected chi connectivity index (χ4v) is 5.57. The third-order valence-electron chi connectivity index (χ3n) is 6.53. The lowest BCUT2D eigenvalue weighted by Gasteiger charge is -2.52. The molecular formula is C21H22N4. The van der Waals surface area contributed by atoms with E-state index in [9.17, 15) is 0 Å². The zero-order valence-corrected chi connectivity index (χ0v) is 14.5. The van der Waals surface area contributed by atoms with Gasteiger partial charge in [0.1, 0.15) is 0 Å². The summed E-state index contributed by atoms with van der Waals surface area (Å²) < 4.78 is 2.49. The lowest BCUT2D eigenvalue weighted by atomic mass is 9.69. The smallest absolute Gasteiger partial charge is 0.154 e. The molecule has 0 bridgehead atoms. The van der Waals surface area contributed by atoms with Crippen LogP contribution in [0.1, 0.15) is 42.9 Å². The number of benzene rings is 1. The quantitative estimate of drug-likeness (QED) is 0.733. The summed E-state index contributed by atoms with van der Waals surface area (Å²) in [7, 11) is 0. The van der Waals surface area contributed by atoms with Crippen LogP contribution in [-0.2, 0) is 6.42 Å². The third kappa shape index (κ3) is 1.68. The van der Waals surface area contributed by atoms with Crippen molar-refractivity contribution in [1.29, 1.82) is 0 Å². The molecule has 2 atom stereocenters. The van der Waals surface area contributed by atoms with Gasteiger partial charge in [0.05, 0.1) is 17.3 Å². The monoisotopic (exact) mass is 330 g/mol. The molecule has 1 fully saturated rings. The van der Waals surface area contributed by atoms with Crippen molar-refractivity contribution in [3.8, 4) is 0 Å². The molecule has 1 aromatic carbocycles. The van der Waals surface area contributed by atoms with E-state index < -0.39 is 0 Å². The molecule has 1 saturated heterocycles. The van der Waals surface area contributed by atoms with Crippen LogP contribution in [0.4, 0.5) is 0 Å². The molecule has 3 aliphatic rings. The molecule has 0 aliphatic carbocycles. The summed E-state index contributed by atoms with van der Waals surface area (Å²) in [6.45, 7) is 4.86. The number of nitrogens with zero attached hydrogens (tertiary/aromatic N) is 3. The number of rotatable bonds is 1. The van der Waals surface area contributed by atoms with Crippen LogP contribution >= 0.6 is 0 Å². The maximum atomic E-state index is 4.60. The Hall–Kier alpha value is -2.33. The lowest BCUT2D eigenvalue weighted by Crippen LogP contribution is -2.49. The van der Waals surface area contributed by atoms with Gasteiger partial charge < -0.3 is 9.55 Å². The highest BCUT2D eigenvalue weighted by molar-refractivity contribution is 5.91. The molecule has 3 aliphatic heterocycles. The number of aromatic nitrogens is 3. The van der Waals surface area contributed by atoms with Gasteiger partial charge in [0.2, 0.25) is 0 Å². The highest BCUT2D eigenvalue weighted by Gasteiger charge is 2.48. The molecule has 0 radical (unpaired) electrons. The van der Waals surface area contributed by atoms with Crippen LogP contribution in [0.25, 0.3) is 16.6 Å². The van der Waals surface area contributed by atoms with Gasteiger partial charge in [-0.25, -0.2) is 4.98 Å². The molecule has 0 spiro atoms. The van der Waals surface area contributed by atoms with Crippen LogP contribution < -0.4 is 0 Å². The van der Waals surface area contributed by atoms with Crippen molar-refractivity contribution < 1.29 is 0 Å². The van der Waals surface area contributed by atoms with E-state index in [1.165, 1.54) is 48.2 Å². The number of imidazole rings is 1. The topological polar surface area (TPSA) is 36.9 Å². The predicted octanol–water partition coefficient (Wildman–Crippen LogP) is 3.97. The lowest BCUT2D eigenvalue weighted by molar-refractivity contribution is 0.0411. The molecule has 0 saturated carbocycles. The fraction of sp³-hybridized carbons (Fsp3) is 0.381. The van der Waals surface area contributed by atoms with Crippen molar-refractivity contribution in [3.63, 3.8) is 0 Å². The normalized spacial score (nSPS) is 28.0. The fourth-order valence-electron chi connectivity index (χ4n) is 5.57. The maximum Gasteiger partial charge on any atom is 0.154 e. The molecule has 1 N–H and O–H groups in total. The number of hydrogen-bond acceptors (Lipinski definition) is 2. The summed E-state index contributed by atoms with van der Waals surface area (Å²) in [6.07, 6.45) is 9.97. The summed E-state index contributed by atoms with van der Waals surface area (Å²) in [5, 5.41) is 1.42. The predicted molar refractivity (Wildman–Crippen MR) is 99.3 cm³/mol. The number of fused-ring (bicyclic) bond motifs is 3. The molecule has 25 heavy (non-hydrogen) atoms. The Kier molecular flexibility index (Phi) is 2.58. The van der Waals surface area contributed by atoms with Crippen LogP contribution in [0, 0.1) is 5.41 Å². The third-order valence-corrected chi connectivity index (χ3v) is 6.53. The standard InChI is InChI=1S/C21H22N4/c1-21-8-4-11-24-12-7-15-14-5-2-3-6-16(14)25(18(15)19(21)24)17(13-21)20-22-9-10-23-20/h2-3,5-6,9-10,13,19H,4,7-8,11-12H2,1H3,(H,22,23)/t19-,21+/m1/s1. The summed E-state index contributed by atoms with van der Waals surface area (Å²) in [6, 6.07) is 9.39. The van der Waals surface area contributed by atoms with Crippen molar-refractivity contribution in [2.75, 3.05) is 13.1 Å². The zero-order valence-electron chi connectivity index (χ0n) is 14.5. The van der Waals surface area contributed by atoms with Crippen LogP contribution in [0.15, 0.2) is 42.7 Å². The molecule has 6 rings (SSSR count). The van der Waals surface area contributed by atoms with E-state index in [2.05, 4.69) is 56.7 Å². The minimum Gasteiger partial charge on any atom is -0.343 e. The highest BCUT2D eigenvalue weighted by atomic mass is 15.2. The van der Waals surface area contributed by atoms with E-state index in [-0.39, 0.29) is 5.41 Å². The number of hydrogen-bond donors (Lipinski definition) is 1. The molecule has 3 aromatic rings. The minimum absolute atomic E-state index is 0.180. The van der Waals surface area contributed by atoms with Gasteiger partial charge in [-0.1, -0.05) is 25.1 Å². The number of aromatic amines is 1. The van der Waals surface area contributed by atoms with E-state index in [1.807, 2.05) is 12.4 Å². The van der Waals surface area contributed by atoms with Crippen LogP contribution in [0.3, 0.4) is 0 Å². The number of nitrogens with one attached hydrogen (secondary N) is 1. The molecule has 126 valence electrons. The average Bonchev–Trinajstić information content (AvgIpc) is 3.27. The van der Waals surface area contributed by atoms with Crippen LogP contribution in [0.5, 0.6) is 0 Å². The Bertz CT molecular complexity index is 1010. The molecule has 4 nitrogen and oxygen atoms in total. The van der Waals surface area contributed by atoms with Gasteiger partial charge in [0.15, 0.2) is 5.82 Å². The van der Waals surface area contributed by atoms with Gasteiger partial charge in [0, 0.05) is 35.4 Å². The number of piperidine rings is 1. The summed E-state index contributed by atoms with van der Waals surface area (Å²) >= 11 is 0. The molecule has 2 aromatic heterocycles. The van der Waals surface area contributed by atoms with Gasteiger partial charge in [0.25, 0.3) is 0 Å². The maximum absolute atomic E-state index is 4.60. The van der Waals surface area contributed by atoms with Gasteiger partial charge in [-0.3, -0.25) is 4.90 Å². The Morgan fingerprint density at radius 1 is 1.24 bits per heavy atom. The zero-order chi connectivity index (χ0) is 16.6. The van der Waals surface area contributed by atoms with E-state index in [0.717, 1.165) is 12.2 Å². The van der Waals surface area contributed by atoms with Crippen molar-refractivity contribution in [2.24, 2.45) is 5.41 Å². The van der Waals surface area contributed by atoms with E-state index in [1.54, 1.807) is 5.56 Å².